The van der Waals surface area contributed by atoms with Gasteiger partial charge in [0.2, 0.25) is 0 Å². The Balaban J connectivity index is 1.74. The zero-order valence-electron chi connectivity index (χ0n) is 10.3. The minimum Gasteiger partial charge on any atom is -0.311 e. The minimum absolute atomic E-state index is 0.518. The normalized spacial score (nSPS) is 42.6. The first-order valence-electron chi connectivity index (χ1n) is 6.17. The molecule has 2 nitrogen and oxygen atoms in total. The van der Waals surface area contributed by atoms with Crippen molar-refractivity contribution in [3.8, 4) is 0 Å². The van der Waals surface area contributed by atoms with Crippen LogP contribution in [-0.2, 0) is 0 Å². The number of thioether (sulfide) groups is 1. The topological polar surface area (TPSA) is 15.3 Å². The van der Waals surface area contributed by atoms with Crippen LogP contribution < -0.4 is 5.32 Å². The molecular weight excluding hydrogens is 204 g/mol. The minimum atomic E-state index is 0.518. The molecule has 0 aromatic heterocycles. The molecule has 88 valence electrons. The van der Waals surface area contributed by atoms with E-state index in [0.29, 0.717) is 4.75 Å². The summed E-state index contributed by atoms with van der Waals surface area (Å²) in [5, 5.41) is 3.76. The van der Waals surface area contributed by atoms with Crippen LogP contribution in [0.2, 0.25) is 0 Å². The zero-order valence-corrected chi connectivity index (χ0v) is 11.1. The van der Waals surface area contributed by atoms with Crippen LogP contribution in [-0.4, -0.2) is 47.6 Å². The smallest absolute Gasteiger partial charge is 0.0256 e. The molecule has 3 unspecified atom stereocenters. The Bertz CT molecular complexity index is 204. The highest BCUT2D eigenvalue weighted by Crippen LogP contribution is 2.37. The van der Waals surface area contributed by atoms with E-state index in [1.54, 1.807) is 0 Å². The van der Waals surface area contributed by atoms with Gasteiger partial charge in [0.15, 0.2) is 0 Å². The first-order valence-corrected chi connectivity index (χ1v) is 7.15. The Morgan fingerprint density at radius 3 is 2.87 bits per heavy atom. The predicted octanol–water partition coefficient (Wildman–Crippen LogP) is 1.95. The van der Waals surface area contributed by atoms with E-state index in [0.717, 1.165) is 12.1 Å². The summed E-state index contributed by atoms with van der Waals surface area (Å²) in [4.78, 5) is 2.46. The fourth-order valence-electron chi connectivity index (χ4n) is 2.68. The van der Waals surface area contributed by atoms with Gasteiger partial charge in [0, 0.05) is 29.9 Å². The second-order valence-corrected chi connectivity index (χ2v) is 7.19. The van der Waals surface area contributed by atoms with Gasteiger partial charge in [-0.3, -0.25) is 0 Å². The van der Waals surface area contributed by atoms with Crippen molar-refractivity contribution in [3.63, 3.8) is 0 Å². The molecule has 1 N–H and O–H groups in total. The van der Waals surface area contributed by atoms with E-state index < -0.39 is 0 Å². The molecule has 2 aliphatic heterocycles. The SMILES string of the molecule is CC1CC(NCC2(C)CCCS2)CN1C. The van der Waals surface area contributed by atoms with Gasteiger partial charge in [0.25, 0.3) is 0 Å². The molecule has 0 amide bonds. The highest BCUT2D eigenvalue weighted by Gasteiger charge is 2.32. The number of rotatable bonds is 3. The third-order valence-corrected chi connectivity index (χ3v) is 5.49. The summed E-state index contributed by atoms with van der Waals surface area (Å²) in [5.41, 5.74) is 0. The highest BCUT2D eigenvalue weighted by molar-refractivity contribution is 8.00. The molecule has 3 atom stereocenters. The molecule has 2 rings (SSSR count). The molecule has 0 aromatic carbocycles. The van der Waals surface area contributed by atoms with Gasteiger partial charge in [-0.15, -0.1) is 0 Å². The number of likely N-dealkylation sites (N-methyl/N-ethyl adjacent to an activating group) is 1. The summed E-state index contributed by atoms with van der Waals surface area (Å²) in [6, 6.07) is 1.48. The Hall–Kier alpha value is 0.270. The number of likely N-dealkylation sites (tertiary alicyclic amines) is 1. The second kappa shape index (κ2) is 4.64. The van der Waals surface area contributed by atoms with Crippen molar-refractivity contribution in [1.29, 1.82) is 0 Å². The lowest BCUT2D eigenvalue weighted by Gasteiger charge is -2.25. The molecular formula is C12H24N2S. The molecule has 2 heterocycles. The fraction of sp³-hybridized carbons (Fsp3) is 1.00. The highest BCUT2D eigenvalue weighted by atomic mass is 32.2. The average Bonchev–Trinajstić information content (AvgIpc) is 2.73. The maximum Gasteiger partial charge on any atom is 0.0256 e. The fourth-order valence-corrected chi connectivity index (χ4v) is 3.93. The summed E-state index contributed by atoms with van der Waals surface area (Å²) < 4.78 is 0.518. The van der Waals surface area contributed by atoms with Crippen LogP contribution in [0.5, 0.6) is 0 Å². The summed E-state index contributed by atoms with van der Waals surface area (Å²) in [7, 11) is 2.23. The summed E-state index contributed by atoms with van der Waals surface area (Å²) in [6.45, 7) is 7.16. The molecule has 0 aromatic rings. The van der Waals surface area contributed by atoms with Crippen molar-refractivity contribution in [2.75, 3.05) is 25.9 Å². The third-order valence-electron chi connectivity index (χ3n) is 3.95. The first kappa shape index (κ1) is 11.7. The molecule has 3 heteroatoms. The van der Waals surface area contributed by atoms with Gasteiger partial charge in [-0.25, -0.2) is 0 Å². The summed E-state index contributed by atoms with van der Waals surface area (Å²) in [6.07, 6.45) is 4.11. The van der Waals surface area contributed by atoms with E-state index in [4.69, 9.17) is 0 Å². The zero-order chi connectivity index (χ0) is 10.9. The van der Waals surface area contributed by atoms with E-state index in [-0.39, 0.29) is 0 Å². The molecule has 2 aliphatic rings. The molecule has 0 bridgehead atoms. The molecule has 0 spiro atoms. The Morgan fingerprint density at radius 1 is 1.53 bits per heavy atom. The molecule has 2 saturated heterocycles. The lowest BCUT2D eigenvalue weighted by Crippen LogP contribution is -2.40. The van der Waals surface area contributed by atoms with Crippen molar-refractivity contribution in [1.82, 2.24) is 10.2 Å². The van der Waals surface area contributed by atoms with Gasteiger partial charge in [-0.2, -0.15) is 11.8 Å². The Labute approximate surface area is 98.2 Å². The molecule has 0 aliphatic carbocycles. The molecule has 0 radical (unpaired) electrons. The first-order chi connectivity index (χ1) is 7.09. The second-order valence-electron chi connectivity index (χ2n) is 5.50. The average molecular weight is 228 g/mol. The Kier molecular flexibility index (Phi) is 3.63. The number of nitrogens with zero attached hydrogens (tertiary/aromatic N) is 1. The lowest BCUT2D eigenvalue weighted by molar-refractivity contribution is 0.326. The van der Waals surface area contributed by atoms with Gasteiger partial charge < -0.3 is 10.2 Å². The maximum atomic E-state index is 3.76. The monoisotopic (exact) mass is 228 g/mol. The largest absolute Gasteiger partial charge is 0.311 e. The van der Waals surface area contributed by atoms with Crippen LogP contribution >= 0.6 is 11.8 Å². The van der Waals surface area contributed by atoms with Crippen molar-refractivity contribution in [2.45, 2.75) is 49.9 Å². The molecule has 0 saturated carbocycles. The van der Waals surface area contributed by atoms with Gasteiger partial charge in [0.05, 0.1) is 0 Å². The molecule has 15 heavy (non-hydrogen) atoms. The van der Waals surface area contributed by atoms with Crippen LogP contribution in [0, 0.1) is 0 Å². The number of hydrogen-bond acceptors (Lipinski definition) is 3. The van der Waals surface area contributed by atoms with Crippen LogP contribution in [0.1, 0.15) is 33.1 Å². The third kappa shape index (κ3) is 2.89. The van der Waals surface area contributed by atoms with E-state index in [9.17, 15) is 0 Å². The summed E-state index contributed by atoms with van der Waals surface area (Å²) in [5.74, 6) is 1.36. The van der Waals surface area contributed by atoms with Crippen molar-refractivity contribution in [3.05, 3.63) is 0 Å². The summed E-state index contributed by atoms with van der Waals surface area (Å²) >= 11 is 2.15. The quantitative estimate of drug-likeness (QED) is 0.795. The van der Waals surface area contributed by atoms with Gasteiger partial charge in [-0.05, 0) is 45.9 Å². The van der Waals surface area contributed by atoms with Crippen LogP contribution in [0.25, 0.3) is 0 Å². The van der Waals surface area contributed by atoms with Crippen LogP contribution in [0.3, 0.4) is 0 Å². The number of nitrogens with one attached hydrogen (secondary N) is 1. The van der Waals surface area contributed by atoms with Gasteiger partial charge in [-0.1, -0.05) is 0 Å². The van der Waals surface area contributed by atoms with Crippen molar-refractivity contribution in [2.24, 2.45) is 0 Å². The van der Waals surface area contributed by atoms with Crippen LogP contribution in [0.4, 0.5) is 0 Å². The van der Waals surface area contributed by atoms with Crippen LogP contribution in [0.15, 0.2) is 0 Å². The standard InChI is InChI=1S/C12H24N2S/c1-10-7-11(8-14(10)3)13-9-12(2)5-4-6-15-12/h10-11,13H,4-9H2,1-3H3. The van der Waals surface area contributed by atoms with E-state index >= 15 is 0 Å². The van der Waals surface area contributed by atoms with E-state index in [1.165, 1.54) is 38.1 Å². The molecule has 2 fully saturated rings. The Morgan fingerprint density at radius 2 is 2.33 bits per heavy atom. The van der Waals surface area contributed by atoms with Gasteiger partial charge in [0.1, 0.15) is 0 Å². The maximum absolute atomic E-state index is 3.76. The van der Waals surface area contributed by atoms with Gasteiger partial charge >= 0.3 is 0 Å². The van der Waals surface area contributed by atoms with Crippen molar-refractivity contribution >= 4 is 11.8 Å². The van der Waals surface area contributed by atoms with E-state index in [1.807, 2.05) is 0 Å². The van der Waals surface area contributed by atoms with E-state index in [2.05, 4.69) is 42.9 Å². The lowest BCUT2D eigenvalue weighted by atomic mass is 10.0. The van der Waals surface area contributed by atoms with Crippen molar-refractivity contribution < 1.29 is 0 Å². The number of hydrogen-bond donors (Lipinski definition) is 1. The predicted molar refractivity (Wildman–Crippen MR) is 68.6 cm³/mol.